The lowest BCUT2D eigenvalue weighted by Gasteiger charge is -1.89. The van der Waals surface area contributed by atoms with E-state index < -0.39 is 0 Å². The SMILES string of the molecule is O=C1NCc2ccccc21.Oc1ccccc1.Oc1ccccc1. The van der Waals surface area contributed by atoms with Crippen LogP contribution in [-0.4, -0.2) is 16.1 Å². The predicted molar refractivity (Wildman–Crippen MR) is 93.8 cm³/mol. The Balaban J connectivity index is 0.000000134. The number of carbonyl (C=O) groups is 1. The predicted octanol–water partition coefficient (Wildman–Crippen LogP) is 3.71. The van der Waals surface area contributed by atoms with E-state index in [2.05, 4.69) is 5.32 Å². The normalized spacial score (nSPS) is 11.1. The van der Waals surface area contributed by atoms with Gasteiger partial charge in [-0.15, -0.1) is 0 Å². The molecule has 0 radical (unpaired) electrons. The number of phenolic OH excluding ortho intramolecular Hbond substituents is 2. The third-order valence-corrected chi connectivity index (χ3v) is 3.21. The number of phenols is 2. The molecule has 1 heterocycles. The van der Waals surface area contributed by atoms with Crippen molar-refractivity contribution in [1.82, 2.24) is 5.32 Å². The molecule has 3 N–H and O–H groups in total. The van der Waals surface area contributed by atoms with E-state index in [0.717, 1.165) is 11.1 Å². The average Bonchev–Trinajstić information content (AvgIpc) is 2.99. The largest absolute Gasteiger partial charge is 0.508 e. The molecule has 3 aromatic carbocycles. The van der Waals surface area contributed by atoms with Gasteiger partial charge in [-0.05, 0) is 35.9 Å². The molecule has 0 atom stereocenters. The van der Waals surface area contributed by atoms with E-state index in [0.29, 0.717) is 18.0 Å². The van der Waals surface area contributed by atoms with Gasteiger partial charge in [-0.2, -0.15) is 0 Å². The van der Waals surface area contributed by atoms with Gasteiger partial charge in [0.05, 0.1) is 0 Å². The molecule has 0 aromatic heterocycles. The van der Waals surface area contributed by atoms with Crippen molar-refractivity contribution in [2.45, 2.75) is 6.54 Å². The van der Waals surface area contributed by atoms with Gasteiger partial charge in [0.1, 0.15) is 11.5 Å². The fourth-order valence-corrected chi connectivity index (χ4v) is 2.02. The Bertz CT molecular complexity index is 721. The first-order valence-corrected chi connectivity index (χ1v) is 7.51. The van der Waals surface area contributed by atoms with E-state index in [1.54, 1.807) is 48.5 Å². The van der Waals surface area contributed by atoms with E-state index in [-0.39, 0.29) is 5.91 Å². The molecular weight excluding hydrogens is 302 g/mol. The van der Waals surface area contributed by atoms with Crippen molar-refractivity contribution in [2.24, 2.45) is 0 Å². The van der Waals surface area contributed by atoms with Gasteiger partial charge in [0.2, 0.25) is 0 Å². The highest BCUT2D eigenvalue weighted by atomic mass is 16.3. The molecule has 4 heteroatoms. The second-order valence-electron chi connectivity index (χ2n) is 5.01. The van der Waals surface area contributed by atoms with E-state index >= 15 is 0 Å². The Morgan fingerprint density at radius 2 is 1.12 bits per heavy atom. The molecule has 4 nitrogen and oxygen atoms in total. The highest BCUT2D eigenvalue weighted by Gasteiger charge is 2.16. The highest BCUT2D eigenvalue weighted by Crippen LogP contribution is 2.13. The molecule has 122 valence electrons. The van der Waals surface area contributed by atoms with Crippen LogP contribution < -0.4 is 5.32 Å². The van der Waals surface area contributed by atoms with Crippen LogP contribution in [0.5, 0.6) is 11.5 Å². The van der Waals surface area contributed by atoms with Crippen LogP contribution in [0.3, 0.4) is 0 Å². The first-order valence-electron chi connectivity index (χ1n) is 7.51. The molecule has 0 bridgehead atoms. The fraction of sp³-hybridized carbons (Fsp3) is 0.0500. The summed E-state index contributed by atoms with van der Waals surface area (Å²) < 4.78 is 0. The number of benzene rings is 3. The molecule has 0 saturated heterocycles. The monoisotopic (exact) mass is 321 g/mol. The van der Waals surface area contributed by atoms with Crippen molar-refractivity contribution in [3.05, 3.63) is 96.1 Å². The van der Waals surface area contributed by atoms with Crippen LogP contribution in [0.4, 0.5) is 0 Å². The number of carbonyl (C=O) groups excluding carboxylic acids is 1. The van der Waals surface area contributed by atoms with Gasteiger partial charge >= 0.3 is 0 Å². The maximum Gasteiger partial charge on any atom is 0.251 e. The van der Waals surface area contributed by atoms with Gasteiger partial charge in [0.25, 0.3) is 5.91 Å². The summed E-state index contributed by atoms with van der Waals surface area (Å²) in [6.07, 6.45) is 0. The van der Waals surface area contributed by atoms with Crippen LogP contribution in [-0.2, 0) is 6.54 Å². The maximum absolute atomic E-state index is 11.0. The molecule has 0 fully saturated rings. The van der Waals surface area contributed by atoms with Crippen LogP contribution in [0.2, 0.25) is 0 Å². The number of nitrogens with one attached hydrogen (secondary N) is 1. The number of amides is 1. The number of rotatable bonds is 0. The van der Waals surface area contributed by atoms with Crippen molar-refractivity contribution in [2.75, 3.05) is 0 Å². The molecule has 0 unspecified atom stereocenters. The summed E-state index contributed by atoms with van der Waals surface area (Å²) in [6, 6.07) is 25.1. The summed E-state index contributed by atoms with van der Waals surface area (Å²) >= 11 is 0. The Kier molecular flexibility index (Phi) is 6.41. The van der Waals surface area contributed by atoms with Crippen LogP contribution in [0, 0.1) is 0 Å². The zero-order valence-corrected chi connectivity index (χ0v) is 13.1. The van der Waals surface area contributed by atoms with E-state index in [1.807, 2.05) is 36.4 Å². The van der Waals surface area contributed by atoms with E-state index in [1.165, 1.54) is 0 Å². The standard InChI is InChI=1S/C8H7NO.2C6H6O/c10-8-7-4-2-1-3-6(7)5-9-8;2*7-6-4-2-1-3-5-6/h1-4H,5H2,(H,9,10);2*1-5,7H. The summed E-state index contributed by atoms with van der Waals surface area (Å²) in [6.45, 7) is 0.689. The van der Waals surface area contributed by atoms with E-state index in [4.69, 9.17) is 10.2 Å². The molecule has 0 spiro atoms. The zero-order chi connectivity index (χ0) is 17.2. The summed E-state index contributed by atoms with van der Waals surface area (Å²) in [5, 5.41) is 20.0. The van der Waals surface area contributed by atoms with Gasteiger partial charge in [-0.1, -0.05) is 54.6 Å². The first-order chi connectivity index (χ1) is 11.7. The fourth-order valence-electron chi connectivity index (χ4n) is 2.02. The Hall–Kier alpha value is -3.27. The second kappa shape index (κ2) is 9.00. The second-order valence-corrected chi connectivity index (χ2v) is 5.01. The van der Waals surface area contributed by atoms with Crippen LogP contribution in [0.15, 0.2) is 84.9 Å². The Morgan fingerprint density at radius 1 is 0.667 bits per heavy atom. The topological polar surface area (TPSA) is 69.6 Å². The average molecular weight is 321 g/mol. The molecule has 1 amide bonds. The summed E-state index contributed by atoms with van der Waals surface area (Å²) in [5.74, 6) is 0.695. The van der Waals surface area contributed by atoms with Gasteiger partial charge in [0.15, 0.2) is 0 Å². The Labute approximate surface area is 141 Å². The number of para-hydroxylation sites is 2. The molecule has 3 aromatic rings. The molecule has 0 saturated carbocycles. The molecule has 1 aliphatic heterocycles. The highest BCUT2D eigenvalue weighted by molar-refractivity contribution is 5.98. The lowest BCUT2D eigenvalue weighted by atomic mass is 10.1. The van der Waals surface area contributed by atoms with Crippen molar-refractivity contribution < 1.29 is 15.0 Å². The van der Waals surface area contributed by atoms with Gasteiger partial charge in [0, 0.05) is 12.1 Å². The third kappa shape index (κ3) is 5.50. The molecule has 0 aliphatic carbocycles. The van der Waals surface area contributed by atoms with E-state index in [9.17, 15) is 4.79 Å². The minimum Gasteiger partial charge on any atom is -0.508 e. The number of fused-ring (bicyclic) bond motifs is 1. The smallest absolute Gasteiger partial charge is 0.251 e. The minimum atomic E-state index is 0.0515. The van der Waals surface area contributed by atoms with Crippen molar-refractivity contribution in [3.8, 4) is 11.5 Å². The van der Waals surface area contributed by atoms with Crippen LogP contribution in [0.1, 0.15) is 15.9 Å². The third-order valence-electron chi connectivity index (χ3n) is 3.21. The van der Waals surface area contributed by atoms with Crippen molar-refractivity contribution in [3.63, 3.8) is 0 Å². The van der Waals surface area contributed by atoms with Crippen LogP contribution in [0.25, 0.3) is 0 Å². The van der Waals surface area contributed by atoms with Gasteiger partial charge in [-0.3, -0.25) is 4.79 Å². The first kappa shape index (κ1) is 17.1. The zero-order valence-electron chi connectivity index (χ0n) is 13.1. The minimum absolute atomic E-state index is 0.0515. The van der Waals surface area contributed by atoms with Crippen molar-refractivity contribution >= 4 is 5.91 Å². The number of aromatic hydroxyl groups is 2. The Morgan fingerprint density at radius 3 is 1.54 bits per heavy atom. The summed E-state index contributed by atoms with van der Waals surface area (Å²) in [7, 11) is 0. The van der Waals surface area contributed by atoms with Gasteiger partial charge in [-0.25, -0.2) is 0 Å². The maximum atomic E-state index is 11.0. The molecule has 24 heavy (non-hydrogen) atoms. The number of hydrogen-bond acceptors (Lipinski definition) is 3. The number of hydrogen-bond donors (Lipinski definition) is 3. The molecule has 1 aliphatic rings. The molecular formula is C20H19NO3. The summed E-state index contributed by atoms with van der Waals surface area (Å²) in [4.78, 5) is 11.0. The molecule has 4 rings (SSSR count). The quantitative estimate of drug-likeness (QED) is 0.591. The summed E-state index contributed by atoms with van der Waals surface area (Å²) in [5.41, 5.74) is 1.93. The lowest BCUT2D eigenvalue weighted by Crippen LogP contribution is -2.12. The van der Waals surface area contributed by atoms with Crippen molar-refractivity contribution in [1.29, 1.82) is 0 Å². The lowest BCUT2D eigenvalue weighted by molar-refractivity contribution is 0.0965. The van der Waals surface area contributed by atoms with Crippen LogP contribution >= 0.6 is 0 Å². The van der Waals surface area contributed by atoms with Gasteiger partial charge < -0.3 is 15.5 Å².